The molecular formula is C21H17N3O3. The van der Waals surface area contributed by atoms with Gasteiger partial charge in [-0.05, 0) is 48.5 Å². The summed E-state index contributed by atoms with van der Waals surface area (Å²) in [5, 5.41) is 6.63. The number of nitrogens with one attached hydrogen (secondary N) is 2. The monoisotopic (exact) mass is 359 g/mol. The Kier molecular flexibility index (Phi) is 4.22. The smallest absolute Gasteiger partial charge is 0.291 e. The maximum atomic E-state index is 12.6. The molecule has 2 aromatic carbocycles. The Morgan fingerprint density at radius 2 is 1.52 bits per heavy atom. The van der Waals surface area contributed by atoms with Crippen molar-refractivity contribution in [3.63, 3.8) is 0 Å². The van der Waals surface area contributed by atoms with E-state index in [4.69, 9.17) is 4.42 Å². The topological polar surface area (TPSA) is 76.3 Å². The van der Waals surface area contributed by atoms with Crippen LogP contribution in [0.1, 0.15) is 21.0 Å². The number of benzene rings is 2. The van der Waals surface area contributed by atoms with Gasteiger partial charge in [0.2, 0.25) is 0 Å². The van der Waals surface area contributed by atoms with Gasteiger partial charge in [-0.3, -0.25) is 9.59 Å². The van der Waals surface area contributed by atoms with Crippen LogP contribution in [0.15, 0.2) is 77.4 Å². The molecule has 0 aliphatic rings. The van der Waals surface area contributed by atoms with Gasteiger partial charge in [0.1, 0.15) is 5.69 Å². The molecule has 0 atom stereocenters. The molecule has 2 amide bonds. The summed E-state index contributed by atoms with van der Waals surface area (Å²) >= 11 is 0. The number of aryl methyl sites for hydroxylation is 1. The second kappa shape index (κ2) is 6.84. The number of anilines is 2. The molecule has 0 aliphatic heterocycles. The fourth-order valence-electron chi connectivity index (χ4n) is 2.94. The summed E-state index contributed by atoms with van der Waals surface area (Å²) in [7, 11) is 1.87. The van der Waals surface area contributed by atoms with Gasteiger partial charge in [-0.1, -0.05) is 18.2 Å². The zero-order valence-electron chi connectivity index (χ0n) is 14.6. The SMILES string of the molecule is Cn1c(C(=O)Nc2ccc(NC(=O)c3ccco3)cc2)cc2ccccc21. The molecule has 4 aromatic rings. The molecule has 6 nitrogen and oxygen atoms in total. The van der Waals surface area contributed by atoms with Gasteiger partial charge in [0, 0.05) is 29.3 Å². The van der Waals surface area contributed by atoms with Gasteiger partial charge < -0.3 is 19.6 Å². The molecule has 0 aliphatic carbocycles. The van der Waals surface area contributed by atoms with E-state index in [0.717, 1.165) is 10.9 Å². The van der Waals surface area contributed by atoms with Crippen molar-refractivity contribution in [2.24, 2.45) is 7.05 Å². The molecule has 4 rings (SSSR count). The normalized spacial score (nSPS) is 10.7. The molecule has 0 spiro atoms. The molecule has 2 aromatic heterocycles. The van der Waals surface area contributed by atoms with Crippen LogP contribution in [0.3, 0.4) is 0 Å². The molecule has 0 fully saturated rings. The lowest BCUT2D eigenvalue weighted by Crippen LogP contribution is -2.15. The number of aromatic nitrogens is 1. The molecule has 0 saturated carbocycles. The van der Waals surface area contributed by atoms with E-state index in [0.29, 0.717) is 17.1 Å². The molecule has 2 N–H and O–H groups in total. The summed E-state index contributed by atoms with van der Waals surface area (Å²) in [6.45, 7) is 0. The first kappa shape index (κ1) is 16.7. The summed E-state index contributed by atoms with van der Waals surface area (Å²) in [5.41, 5.74) is 2.82. The van der Waals surface area contributed by atoms with Crippen LogP contribution in [0.5, 0.6) is 0 Å². The number of carbonyl (C=O) groups excluding carboxylic acids is 2. The van der Waals surface area contributed by atoms with E-state index in [-0.39, 0.29) is 17.6 Å². The van der Waals surface area contributed by atoms with E-state index in [2.05, 4.69) is 10.6 Å². The third-order valence-electron chi connectivity index (χ3n) is 4.33. The summed E-state index contributed by atoms with van der Waals surface area (Å²) in [5.74, 6) is -0.281. The fraction of sp³-hybridized carbons (Fsp3) is 0.0476. The van der Waals surface area contributed by atoms with Crippen molar-refractivity contribution in [2.75, 3.05) is 10.6 Å². The van der Waals surface area contributed by atoms with E-state index < -0.39 is 0 Å². The van der Waals surface area contributed by atoms with Crippen LogP contribution in [0.25, 0.3) is 10.9 Å². The Balaban J connectivity index is 1.47. The van der Waals surface area contributed by atoms with Crippen molar-refractivity contribution in [1.82, 2.24) is 4.57 Å². The van der Waals surface area contributed by atoms with Crippen molar-refractivity contribution < 1.29 is 14.0 Å². The van der Waals surface area contributed by atoms with Crippen molar-refractivity contribution >= 4 is 34.1 Å². The molecule has 27 heavy (non-hydrogen) atoms. The number of fused-ring (bicyclic) bond motifs is 1. The highest BCUT2D eigenvalue weighted by Gasteiger charge is 2.13. The van der Waals surface area contributed by atoms with Gasteiger partial charge in [-0.15, -0.1) is 0 Å². The quantitative estimate of drug-likeness (QED) is 0.571. The van der Waals surface area contributed by atoms with E-state index in [1.54, 1.807) is 36.4 Å². The lowest BCUT2D eigenvalue weighted by atomic mass is 10.2. The third kappa shape index (κ3) is 3.32. The van der Waals surface area contributed by atoms with Gasteiger partial charge in [0.05, 0.1) is 6.26 Å². The van der Waals surface area contributed by atoms with Crippen LogP contribution in [-0.2, 0) is 7.05 Å². The van der Waals surface area contributed by atoms with E-state index >= 15 is 0 Å². The molecule has 2 heterocycles. The summed E-state index contributed by atoms with van der Waals surface area (Å²) < 4.78 is 6.92. The predicted molar refractivity (Wildman–Crippen MR) is 104 cm³/mol. The van der Waals surface area contributed by atoms with Crippen LogP contribution in [0, 0.1) is 0 Å². The minimum atomic E-state index is -0.327. The van der Waals surface area contributed by atoms with E-state index in [1.807, 2.05) is 41.9 Å². The molecule has 0 unspecified atom stereocenters. The number of rotatable bonds is 4. The zero-order valence-corrected chi connectivity index (χ0v) is 14.6. The highest BCUT2D eigenvalue weighted by atomic mass is 16.3. The lowest BCUT2D eigenvalue weighted by molar-refractivity contribution is 0.0993. The Morgan fingerprint density at radius 1 is 0.852 bits per heavy atom. The van der Waals surface area contributed by atoms with Gasteiger partial charge in [0.15, 0.2) is 5.76 Å². The average Bonchev–Trinajstić information content (AvgIpc) is 3.32. The number of furan rings is 1. The maximum Gasteiger partial charge on any atom is 0.291 e. The lowest BCUT2D eigenvalue weighted by Gasteiger charge is -2.08. The van der Waals surface area contributed by atoms with Crippen molar-refractivity contribution in [1.29, 1.82) is 0 Å². The Hall–Kier alpha value is -3.80. The second-order valence-corrected chi connectivity index (χ2v) is 6.11. The van der Waals surface area contributed by atoms with Crippen molar-refractivity contribution in [3.8, 4) is 0 Å². The van der Waals surface area contributed by atoms with Crippen molar-refractivity contribution in [3.05, 3.63) is 84.4 Å². The number of hydrogen-bond acceptors (Lipinski definition) is 3. The Labute approximate surface area is 155 Å². The standard InChI is InChI=1S/C21H17N3O3/c1-24-17-6-3-2-5-14(17)13-18(24)20(25)22-15-8-10-16(11-9-15)23-21(26)19-7-4-12-27-19/h2-13H,1H3,(H,22,25)(H,23,26). The number of hydrogen-bond donors (Lipinski definition) is 2. The first-order valence-corrected chi connectivity index (χ1v) is 8.42. The Bertz CT molecular complexity index is 1110. The number of amides is 2. The molecule has 0 radical (unpaired) electrons. The summed E-state index contributed by atoms with van der Waals surface area (Å²) in [6, 6.07) is 19.9. The Morgan fingerprint density at radius 3 is 2.15 bits per heavy atom. The van der Waals surface area contributed by atoms with Gasteiger partial charge in [0.25, 0.3) is 11.8 Å². The first-order chi connectivity index (χ1) is 13.1. The molecule has 6 heteroatoms. The van der Waals surface area contributed by atoms with E-state index in [9.17, 15) is 9.59 Å². The molecule has 0 bridgehead atoms. The summed E-state index contributed by atoms with van der Waals surface area (Å²) in [4.78, 5) is 24.6. The van der Waals surface area contributed by atoms with Gasteiger partial charge >= 0.3 is 0 Å². The first-order valence-electron chi connectivity index (χ1n) is 8.42. The molecular weight excluding hydrogens is 342 g/mol. The molecule has 0 saturated heterocycles. The van der Waals surface area contributed by atoms with E-state index in [1.165, 1.54) is 6.26 Å². The highest BCUT2D eigenvalue weighted by Crippen LogP contribution is 2.20. The summed E-state index contributed by atoms with van der Waals surface area (Å²) in [6.07, 6.45) is 1.44. The van der Waals surface area contributed by atoms with Crippen LogP contribution >= 0.6 is 0 Å². The third-order valence-corrected chi connectivity index (χ3v) is 4.33. The van der Waals surface area contributed by atoms with Crippen LogP contribution < -0.4 is 10.6 Å². The van der Waals surface area contributed by atoms with Gasteiger partial charge in [-0.2, -0.15) is 0 Å². The van der Waals surface area contributed by atoms with Crippen LogP contribution in [-0.4, -0.2) is 16.4 Å². The number of para-hydroxylation sites is 1. The van der Waals surface area contributed by atoms with Crippen LogP contribution in [0.4, 0.5) is 11.4 Å². The largest absolute Gasteiger partial charge is 0.459 e. The predicted octanol–water partition coefficient (Wildman–Crippen LogP) is 4.28. The molecule has 134 valence electrons. The minimum Gasteiger partial charge on any atom is -0.459 e. The minimum absolute atomic E-state index is 0.193. The number of nitrogens with zero attached hydrogens (tertiary/aromatic N) is 1. The van der Waals surface area contributed by atoms with Crippen LogP contribution in [0.2, 0.25) is 0 Å². The average molecular weight is 359 g/mol. The second-order valence-electron chi connectivity index (χ2n) is 6.11. The van der Waals surface area contributed by atoms with Gasteiger partial charge in [-0.25, -0.2) is 0 Å². The maximum absolute atomic E-state index is 12.6. The van der Waals surface area contributed by atoms with Crippen molar-refractivity contribution in [2.45, 2.75) is 0 Å². The zero-order chi connectivity index (χ0) is 18.8. The fourth-order valence-corrected chi connectivity index (χ4v) is 2.94. The highest BCUT2D eigenvalue weighted by molar-refractivity contribution is 6.06. The number of carbonyl (C=O) groups is 2.